The van der Waals surface area contributed by atoms with Crippen molar-refractivity contribution in [2.75, 3.05) is 5.32 Å². The molecular weight excluding hydrogens is 435 g/mol. The van der Waals surface area contributed by atoms with Crippen molar-refractivity contribution >= 4 is 57.9 Å². The number of anilines is 1. The van der Waals surface area contributed by atoms with Gasteiger partial charge in [-0.15, -0.1) is 21.5 Å². The van der Waals surface area contributed by atoms with E-state index in [0.717, 1.165) is 30.2 Å². The van der Waals surface area contributed by atoms with Crippen molar-refractivity contribution in [2.45, 2.75) is 42.6 Å². The van der Waals surface area contributed by atoms with Gasteiger partial charge < -0.3 is 9.88 Å². The van der Waals surface area contributed by atoms with E-state index in [9.17, 15) is 4.79 Å². The normalized spacial score (nSPS) is 14.8. The second-order valence-corrected chi connectivity index (χ2v) is 9.81. The minimum Gasteiger partial charge on any atom is -0.324 e. The van der Waals surface area contributed by atoms with Crippen LogP contribution in [0.5, 0.6) is 0 Å². The van der Waals surface area contributed by atoms with Crippen molar-refractivity contribution < 1.29 is 4.79 Å². The highest BCUT2D eigenvalue weighted by Crippen LogP contribution is 2.40. The van der Waals surface area contributed by atoms with Crippen LogP contribution in [0.1, 0.15) is 36.5 Å². The molecule has 146 valence electrons. The number of nitrogens with one attached hydrogen (secondary N) is 1. The Hall–Kier alpha value is -1.54. The molecule has 1 aliphatic rings. The number of benzene rings is 1. The predicted octanol–water partition coefficient (Wildman–Crippen LogP) is 5.69. The van der Waals surface area contributed by atoms with E-state index in [0.29, 0.717) is 21.8 Å². The number of carbonyl (C=O) groups excluding carboxylic acids is 1. The molecule has 1 aromatic carbocycles. The predicted molar refractivity (Wildman–Crippen MR) is 116 cm³/mol. The summed E-state index contributed by atoms with van der Waals surface area (Å²) in [6.07, 6.45) is 3.02. The van der Waals surface area contributed by atoms with Crippen molar-refractivity contribution in [3.05, 3.63) is 56.5 Å². The molecule has 0 spiro atoms. The third-order valence-electron chi connectivity index (χ3n) is 4.40. The Morgan fingerprint density at radius 2 is 2.18 bits per heavy atom. The molecule has 0 saturated heterocycles. The third-order valence-corrected chi connectivity index (χ3v) is 6.90. The number of carbonyl (C=O) groups is 1. The lowest BCUT2D eigenvalue weighted by molar-refractivity contribution is -0.115. The van der Waals surface area contributed by atoms with Crippen molar-refractivity contribution in [1.29, 1.82) is 0 Å². The Kier molecular flexibility index (Phi) is 5.96. The van der Waals surface area contributed by atoms with Crippen LogP contribution in [-0.4, -0.2) is 25.9 Å². The van der Waals surface area contributed by atoms with Crippen LogP contribution in [0.15, 0.2) is 40.9 Å². The molecule has 3 aromatic rings. The van der Waals surface area contributed by atoms with Gasteiger partial charge in [0.25, 0.3) is 0 Å². The fourth-order valence-electron chi connectivity index (χ4n) is 2.82. The molecule has 2 aromatic heterocycles. The Labute approximate surface area is 181 Å². The van der Waals surface area contributed by atoms with Gasteiger partial charge in [0, 0.05) is 22.4 Å². The fourth-order valence-corrected chi connectivity index (χ4v) is 4.79. The minimum absolute atomic E-state index is 0.153. The zero-order chi connectivity index (χ0) is 19.7. The van der Waals surface area contributed by atoms with E-state index in [4.69, 9.17) is 23.2 Å². The Bertz CT molecular complexity index is 986. The molecule has 0 aliphatic heterocycles. The highest BCUT2D eigenvalue weighted by molar-refractivity contribution is 8.00. The summed E-state index contributed by atoms with van der Waals surface area (Å²) in [6.45, 7) is 1.85. The fraction of sp³-hybridized carbons (Fsp3) is 0.316. The van der Waals surface area contributed by atoms with E-state index in [1.807, 2.05) is 13.0 Å². The maximum atomic E-state index is 12.7. The topological polar surface area (TPSA) is 59.8 Å². The first kappa shape index (κ1) is 19.8. The van der Waals surface area contributed by atoms with Crippen LogP contribution in [-0.2, 0) is 11.2 Å². The van der Waals surface area contributed by atoms with Gasteiger partial charge in [0.15, 0.2) is 5.16 Å². The number of amides is 1. The first-order valence-electron chi connectivity index (χ1n) is 8.90. The molecule has 0 bridgehead atoms. The van der Waals surface area contributed by atoms with Gasteiger partial charge in [-0.05, 0) is 49.4 Å². The molecular formula is C19H18Cl2N4OS2. The average molecular weight is 453 g/mol. The SMILES string of the molecule is CC(Sc1nnc(Cc2cccs2)n1C1CC1)C(=O)Nc1cc(Cl)ccc1Cl. The average Bonchev–Trinajstić information content (AvgIpc) is 3.22. The van der Waals surface area contributed by atoms with Gasteiger partial charge in [0.2, 0.25) is 5.91 Å². The summed E-state index contributed by atoms with van der Waals surface area (Å²) in [4.78, 5) is 13.9. The zero-order valence-corrected chi connectivity index (χ0v) is 18.2. The van der Waals surface area contributed by atoms with Gasteiger partial charge in [0.1, 0.15) is 5.82 Å². The van der Waals surface area contributed by atoms with Gasteiger partial charge in [-0.25, -0.2) is 0 Å². The molecule has 9 heteroatoms. The summed E-state index contributed by atoms with van der Waals surface area (Å²) in [7, 11) is 0. The van der Waals surface area contributed by atoms with Gasteiger partial charge in [0.05, 0.1) is 16.0 Å². The molecule has 1 amide bonds. The van der Waals surface area contributed by atoms with Crippen molar-refractivity contribution in [3.63, 3.8) is 0 Å². The third kappa shape index (κ3) is 4.54. The number of thiophene rings is 1. The van der Waals surface area contributed by atoms with Crippen LogP contribution in [0.25, 0.3) is 0 Å². The van der Waals surface area contributed by atoms with Crippen molar-refractivity contribution in [3.8, 4) is 0 Å². The number of halogens is 2. The molecule has 28 heavy (non-hydrogen) atoms. The number of hydrogen-bond donors (Lipinski definition) is 1. The molecule has 0 radical (unpaired) electrons. The van der Waals surface area contributed by atoms with E-state index >= 15 is 0 Å². The van der Waals surface area contributed by atoms with Gasteiger partial charge in [-0.1, -0.05) is 41.0 Å². The minimum atomic E-state index is -0.355. The van der Waals surface area contributed by atoms with Crippen LogP contribution in [0.3, 0.4) is 0 Å². The van der Waals surface area contributed by atoms with Crippen LogP contribution >= 0.6 is 46.3 Å². The number of hydrogen-bond acceptors (Lipinski definition) is 5. The summed E-state index contributed by atoms with van der Waals surface area (Å²) in [5, 5.41) is 15.1. The number of nitrogens with zero attached hydrogens (tertiary/aromatic N) is 3. The molecule has 2 heterocycles. The molecule has 1 saturated carbocycles. The lowest BCUT2D eigenvalue weighted by atomic mass is 10.3. The van der Waals surface area contributed by atoms with E-state index in [1.165, 1.54) is 16.6 Å². The second kappa shape index (κ2) is 8.45. The number of thioether (sulfide) groups is 1. The van der Waals surface area contributed by atoms with E-state index < -0.39 is 0 Å². The highest BCUT2D eigenvalue weighted by atomic mass is 35.5. The van der Waals surface area contributed by atoms with Crippen molar-refractivity contribution in [1.82, 2.24) is 14.8 Å². The molecule has 5 nitrogen and oxygen atoms in total. The summed E-state index contributed by atoms with van der Waals surface area (Å²) < 4.78 is 2.19. The Morgan fingerprint density at radius 3 is 2.89 bits per heavy atom. The summed E-state index contributed by atoms with van der Waals surface area (Å²) >= 11 is 15.3. The maximum Gasteiger partial charge on any atom is 0.237 e. The number of aromatic nitrogens is 3. The lowest BCUT2D eigenvalue weighted by Gasteiger charge is -2.14. The molecule has 1 atom stereocenters. The molecule has 1 unspecified atom stereocenters. The first-order valence-corrected chi connectivity index (χ1v) is 11.4. The van der Waals surface area contributed by atoms with E-state index in [2.05, 4.69) is 31.5 Å². The molecule has 1 fully saturated rings. The van der Waals surface area contributed by atoms with Crippen LogP contribution < -0.4 is 5.32 Å². The van der Waals surface area contributed by atoms with Crippen LogP contribution in [0.4, 0.5) is 5.69 Å². The monoisotopic (exact) mass is 452 g/mol. The zero-order valence-electron chi connectivity index (χ0n) is 15.1. The lowest BCUT2D eigenvalue weighted by Crippen LogP contribution is -2.23. The smallest absolute Gasteiger partial charge is 0.237 e. The van der Waals surface area contributed by atoms with Gasteiger partial charge in [-0.2, -0.15) is 0 Å². The summed E-state index contributed by atoms with van der Waals surface area (Å²) in [5.74, 6) is 0.803. The van der Waals surface area contributed by atoms with Crippen LogP contribution in [0.2, 0.25) is 10.0 Å². The quantitative estimate of drug-likeness (QED) is 0.467. The van der Waals surface area contributed by atoms with E-state index in [-0.39, 0.29) is 11.2 Å². The first-order chi connectivity index (χ1) is 13.5. The van der Waals surface area contributed by atoms with Crippen LogP contribution in [0, 0.1) is 0 Å². The molecule has 1 aliphatic carbocycles. The largest absolute Gasteiger partial charge is 0.324 e. The van der Waals surface area contributed by atoms with Crippen molar-refractivity contribution in [2.24, 2.45) is 0 Å². The standard InChI is InChI=1S/C19H18Cl2N4OS2/c1-11(18(26)22-16-9-12(20)4-7-15(16)21)28-19-24-23-17(25(19)13-5-6-13)10-14-3-2-8-27-14/h2-4,7-9,11,13H,5-6,10H2,1H3,(H,22,26). The summed E-state index contributed by atoms with van der Waals surface area (Å²) in [6, 6.07) is 9.58. The number of rotatable bonds is 7. The van der Waals surface area contributed by atoms with Gasteiger partial charge in [-0.3, -0.25) is 4.79 Å². The van der Waals surface area contributed by atoms with Gasteiger partial charge >= 0.3 is 0 Å². The maximum absolute atomic E-state index is 12.7. The van der Waals surface area contributed by atoms with E-state index in [1.54, 1.807) is 29.5 Å². The molecule has 1 N–H and O–H groups in total. The summed E-state index contributed by atoms with van der Waals surface area (Å²) in [5.41, 5.74) is 0.508. The molecule has 4 rings (SSSR count). The highest BCUT2D eigenvalue weighted by Gasteiger charge is 2.31. The Balaban J connectivity index is 1.48. The Morgan fingerprint density at radius 1 is 1.36 bits per heavy atom. The second-order valence-electron chi connectivity index (χ2n) is 6.63.